The van der Waals surface area contributed by atoms with Crippen molar-refractivity contribution in [1.82, 2.24) is 20.2 Å². The van der Waals surface area contributed by atoms with Crippen molar-refractivity contribution in [3.63, 3.8) is 0 Å². The molecule has 4 rings (SSSR count). The molecule has 0 amide bonds. The van der Waals surface area contributed by atoms with Gasteiger partial charge >= 0.3 is 0 Å². The van der Waals surface area contributed by atoms with E-state index in [0.717, 1.165) is 37.7 Å². The molecule has 112 valence electrons. The van der Waals surface area contributed by atoms with Crippen LogP contribution in [-0.4, -0.2) is 46.5 Å². The molecule has 7 heteroatoms. The Balaban J connectivity index is 1.57. The summed E-state index contributed by atoms with van der Waals surface area (Å²) in [6.07, 6.45) is 0. The third-order valence-corrected chi connectivity index (χ3v) is 4.46. The number of hydrogen-bond donors (Lipinski definition) is 0. The van der Waals surface area contributed by atoms with Crippen LogP contribution < -0.4 is 0 Å². The minimum atomic E-state index is -0.167. The molecule has 2 saturated heterocycles. The summed E-state index contributed by atoms with van der Waals surface area (Å²) in [7, 11) is 0. The molecule has 0 aromatic carbocycles. The van der Waals surface area contributed by atoms with Gasteiger partial charge in [-0.05, 0) is 13.8 Å². The summed E-state index contributed by atoms with van der Waals surface area (Å²) in [6, 6.07) is 1.98. The highest BCUT2D eigenvalue weighted by atomic mass is 16.5. The Kier molecular flexibility index (Phi) is 2.87. The second-order valence-corrected chi connectivity index (χ2v) is 6.11. The molecule has 2 aliphatic rings. The van der Waals surface area contributed by atoms with E-state index in [1.165, 1.54) is 0 Å². The number of rotatable bonds is 3. The zero-order chi connectivity index (χ0) is 14.4. The molecule has 0 spiro atoms. The first kappa shape index (κ1) is 13.0. The van der Waals surface area contributed by atoms with E-state index in [9.17, 15) is 0 Å². The van der Waals surface area contributed by atoms with Crippen molar-refractivity contribution in [2.45, 2.75) is 25.8 Å². The molecule has 0 bridgehead atoms. The number of nitrogens with zero attached hydrogens (tertiary/aromatic N) is 4. The van der Waals surface area contributed by atoms with Crippen LogP contribution in [-0.2, 0) is 16.7 Å². The second-order valence-electron chi connectivity index (χ2n) is 6.11. The number of fused-ring (bicyclic) bond motifs is 1. The van der Waals surface area contributed by atoms with Crippen LogP contribution in [0.5, 0.6) is 0 Å². The molecular weight excluding hydrogens is 272 g/mol. The van der Waals surface area contributed by atoms with E-state index in [4.69, 9.17) is 13.8 Å². The van der Waals surface area contributed by atoms with Crippen LogP contribution in [0.25, 0.3) is 0 Å². The Labute approximate surface area is 122 Å². The van der Waals surface area contributed by atoms with E-state index in [1.54, 1.807) is 0 Å². The standard InChI is InChI=1S/C14H18N4O3/c1-9-3-12(17-20-9)5-18-4-11-6-19-8-14(11,7-18)13-15-10(2)16-21-13/h3,11H,4-8H2,1-2H3/t11-,14-/m1/s1. The van der Waals surface area contributed by atoms with Gasteiger partial charge in [0.05, 0.1) is 24.3 Å². The van der Waals surface area contributed by atoms with Gasteiger partial charge in [0.15, 0.2) is 5.82 Å². The summed E-state index contributed by atoms with van der Waals surface area (Å²) in [6.45, 7) is 7.73. The van der Waals surface area contributed by atoms with Crippen molar-refractivity contribution in [1.29, 1.82) is 0 Å². The summed E-state index contributed by atoms with van der Waals surface area (Å²) in [5.74, 6) is 2.62. The van der Waals surface area contributed by atoms with E-state index in [1.807, 2.05) is 19.9 Å². The lowest BCUT2D eigenvalue weighted by Gasteiger charge is -2.22. The van der Waals surface area contributed by atoms with E-state index in [0.29, 0.717) is 24.2 Å². The van der Waals surface area contributed by atoms with E-state index >= 15 is 0 Å². The summed E-state index contributed by atoms with van der Waals surface area (Å²) in [5, 5.41) is 8.01. The highest BCUT2D eigenvalue weighted by Gasteiger charge is 2.55. The molecule has 2 fully saturated rings. The Morgan fingerprint density at radius 3 is 2.95 bits per heavy atom. The first-order chi connectivity index (χ1) is 10.2. The van der Waals surface area contributed by atoms with Crippen LogP contribution in [0.3, 0.4) is 0 Å². The summed E-state index contributed by atoms with van der Waals surface area (Å²) < 4.78 is 16.3. The van der Waals surface area contributed by atoms with Gasteiger partial charge in [0.1, 0.15) is 5.76 Å². The molecule has 4 heterocycles. The van der Waals surface area contributed by atoms with Gasteiger partial charge in [0.25, 0.3) is 0 Å². The van der Waals surface area contributed by atoms with Crippen molar-refractivity contribution in [2.24, 2.45) is 5.92 Å². The molecule has 21 heavy (non-hydrogen) atoms. The third-order valence-electron chi connectivity index (χ3n) is 4.46. The topological polar surface area (TPSA) is 77.4 Å². The smallest absolute Gasteiger partial charge is 0.236 e. The van der Waals surface area contributed by atoms with E-state index in [-0.39, 0.29) is 5.41 Å². The molecule has 0 aliphatic carbocycles. The minimum absolute atomic E-state index is 0.167. The fraction of sp³-hybridized carbons (Fsp3) is 0.643. The summed E-state index contributed by atoms with van der Waals surface area (Å²) in [4.78, 5) is 6.82. The first-order valence-corrected chi connectivity index (χ1v) is 7.19. The molecular formula is C14H18N4O3. The van der Waals surface area contributed by atoms with Crippen LogP contribution in [0.1, 0.15) is 23.2 Å². The lowest BCUT2D eigenvalue weighted by Crippen LogP contribution is -2.35. The van der Waals surface area contributed by atoms with Crippen LogP contribution in [0.2, 0.25) is 0 Å². The Morgan fingerprint density at radius 2 is 2.24 bits per heavy atom. The quantitative estimate of drug-likeness (QED) is 0.836. The molecule has 0 saturated carbocycles. The van der Waals surface area contributed by atoms with Crippen LogP contribution >= 0.6 is 0 Å². The summed E-state index contributed by atoms with van der Waals surface area (Å²) >= 11 is 0. The lowest BCUT2D eigenvalue weighted by molar-refractivity contribution is 0.137. The van der Waals surface area contributed by atoms with Crippen molar-refractivity contribution < 1.29 is 13.8 Å². The number of hydrogen-bond acceptors (Lipinski definition) is 7. The van der Waals surface area contributed by atoms with Gasteiger partial charge in [0, 0.05) is 31.6 Å². The first-order valence-electron chi connectivity index (χ1n) is 7.19. The average molecular weight is 290 g/mol. The third kappa shape index (κ3) is 2.08. The summed E-state index contributed by atoms with van der Waals surface area (Å²) in [5.41, 5.74) is 0.797. The van der Waals surface area contributed by atoms with E-state index < -0.39 is 0 Å². The molecule has 2 aromatic heterocycles. The van der Waals surface area contributed by atoms with Gasteiger partial charge in [-0.25, -0.2) is 0 Å². The maximum Gasteiger partial charge on any atom is 0.236 e. The maximum atomic E-state index is 5.69. The largest absolute Gasteiger partial charge is 0.380 e. The zero-order valence-electron chi connectivity index (χ0n) is 12.2. The van der Waals surface area contributed by atoms with Crippen molar-refractivity contribution in [2.75, 3.05) is 26.3 Å². The average Bonchev–Trinajstić information content (AvgIpc) is 3.14. The zero-order valence-corrected chi connectivity index (χ0v) is 12.2. The molecule has 2 atom stereocenters. The molecule has 0 radical (unpaired) electrons. The predicted octanol–water partition coefficient (Wildman–Crippen LogP) is 1.07. The van der Waals surface area contributed by atoms with Crippen molar-refractivity contribution in [3.05, 3.63) is 29.2 Å². The number of aryl methyl sites for hydroxylation is 2. The van der Waals surface area contributed by atoms with Gasteiger partial charge in [0.2, 0.25) is 5.89 Å². The fourth-order valence-electron chi connectivity index (χ4n) is 3.48. The van der Waals surface area contributed by atoms with Crippen molar-refractivity contribution in [3.8, 4) is 0 Å². The number of likely N-dealkylation sites (tertiary alicyclic amines) is 1. The maximum absolute atomic E-state index is 5.69. The Bertz CT molecular complexity index is 652. The fourth-order valence-corrected chi connectivity index (χ4v) is 3.48. The lowest BCUT2D eigenvalue weighted by atomic mass is 9.81. The van der Waals surface area contributed by atoms with Crippen molar-refractivity contribution >= 4 is 0 Å². The van der Waals surface area contributed by atoms with E-state index in [2.05, 4.69) is 20.2 Å². The highest BCUT2D eigenvalue weighted by molar-refractivity contribution is 5.17. The Morgan fingerprint density at radius 1 is 1.33 bits per heavy atom. The normalized spacial score (nSPS) is 29.1. The molecule has 0 unspecified atom stereocenters. The van der Waals surface area contributed by atoms with Gasteiger partial charge in [-0.3, -0.25) is 4.90 Å². The minimum Gasteiger partial charge on any atom is -0.380 e. The molecule has 7 nitrogen and oxygen atoms in total. The molecule has 0 N–H and O–H groups in total. The van der Waals surface area contributed by atoms with Crippen LogP contribution in [0.15, 0.2) is 15.1 Å². The molecule has 2 aromatic rings. The number of aromatic nitrogens is 3. The van der Waals surface area contributed by atoms with Crippen LogP contribution in [0.4, 0.5) is 0 Å². The number of ether oxygens (including phenoxy) is 1. The molecule has 2 aliphatic heterocycles. The SMILES string of the molecule is Cc1noc([C@]23COC[C@H]2CN(Cc2cc(C)on2)C3)n1. The van der Waals surface area contributed by atoms with Gasteiger partial charge in [-0.15, -0.1) is 0 Å². The second kappa shape index (κ2) is 4.64. The van der Waals surface area contributed by atoms with Crippen LogP contribution in [0, 0.1) is 19.8 Å². The van der Waals surface area contributed by atoms with Gasteiger partial charge < -0.3 is 13.8 Å². The predicted molar refractivity (Wildman–Crippen MR) is 71.5 cm³/mol. The van der Waals surface area contributed by atoms with Gasteiger partial charge in [-0.2, -0.15) is 4.98 Å². The van der Waals surface area contributed by atoms with Gasteiger partial charge in [-0.1, -0.05) is 10.3 Å². The highest BCUT2D eigenvalue weighted by Crippen LogP contribution is 2.43. The monoisotopic (exact) mass is 290 g/mol. The Hall–Kier alpha value is -1.73.